The van der Waals surface area contributed by atoms with Gasteiger partial charge in [-0.1, -0.05) is 0 Å². The number of ether oxygens (including phenoxy) is 1. The van der Waals surface area contributed by atoms with Crippen LogP contribution in [0.3, 0.4) is 0 Å². The van der Waals surface area contributed by atoms with E-state index in [4.69, 9.17) is 4.74 Å². The summed E-state index contributed by atoms with van der Waals surface area (Å²) < 4.78 is 5.07. The molecule has 92 valence electrons. The Hall–Kier alpha value is -0.200. The van der Waals surface area contributed by atoms with E-state index in [1.54, 1.807) is 18.4 Å². The first-order valence-electron chi connectivity index (χ1n) is 5.13. The zero-order valence-corrected chi connectivity index (χ0v) is 11.2. The van der Waals surface area contributed by atoms with E-state index in [1.807, 2.05) is 6.20 Å². The molecule has 0 radical (unpaired) electrons. The van der Waals surface area contributed by atoms with Gasteiger partial charge in [0.25, 0.3) is 0 Å². The van der Waals surface area contributed by atoms with E-state index in [0.717, 1.165) is 19.6 Å². The van der Waals surface area contributed by atoms with E-state index in [2.05, 4.69) is 22.2 Å². The van der Waals surface area contributed by atoms with Crippen molar-refractivity contribution in [1.82, 2.24) is 15.2 Å². The lowest BCUT2D eigenvalue weighted by Gasteiger charge is -2.35. The Balaban J connectivity index is 0.00000128. The van der Waals surface area contributed by atoms with Gasteiger partial charge in [-0.3, -0.25) is 4.90 Å². The van der Waals surface area contributed by atoms with Gasteiger partial charge < -0.3 is 10.1 Å². The van der Waals surface area contributed by atoms with Crippen LogP contribution in [-0.2, 0) is 17.9 Å². The van der Waals surface area contributed by atoms with Crippen molar-refractivity contribution in [3.63, 3.8) is 0 Å². The predicted molar refractivity (Wildman–Crippen MR) is 68.2 cm³/mol. The fraction of sp³-hybridized carbons (Fsp3) is 0.700. The number of methoxy groups -OCH3 is 1. The maximum absolute atomic E-state index is 5.07. The Kier molecular flexibility index (Phi) is 5.64. The molecule has 2 rings (SSSR count). The smallest absolute Gasteiger partial charge is 0.107 e. The topological polar surface area (TPSA) is 37.4 Å². The number of nitrogens with one attached hydrogen (secondary N) is 1. The Labute approximate surface area is 106 Å². The summed E-state index contributed by atoms with van der Waals surface area (Å²) in [6, 6.07) is 0.680. The highest BCUT2D eigenvalue weighted by molar-refractivity contribution is 7.11. The summed E-state index contributed by atoms with van der Waals surface area (Å²) >= 11 is 1.74. The normalized spacial score (nSPS) is 15.9. The van der Waals surface area contributed by atoms with Crippen molar-refractivity contribution in [2.24, 2.45) is 0 Å². The van der Waals surface area contributed by atoms with Crippen LogP contribution in [-0.4, -0.2) is 43.2 Å². The first-order valence-corrected chi connectivity index (χ1v) is 5.94. The fourth-order valence-corrected chi connectivity index (χ4v) is 2.52. The van der Waals surface area contributed by atoms with Crippen molar-refractivity contribution in [2.75, 3.05) is 27.2 Å². The molecule has 1 aliphatic rings. The molecule has 1 aromatic rings. The molecule has 0 spiro atoms. The van der Waals surface area contributed by atoms with E-state index in [9.17, 15) is 0 Å². The Morgan fingerprint density at radius 2 is 2.38 bits per heavy atom. The van der Waals surface area contributed by atoms with Gasteiger partial charge in [-0.15, -0.1) is 23.7 Å². The number of aromatic nitrogens is 1. The molecule has 1 aromatic heterocycles. The van der Waals surface area contributed by atoms with Gasteiger partial charge in [-0.2, -0.15) is 0 Å². The van der Waals surface area contributed by atoms with Crippen molar-refractivity contribution in [3.8, 4) is 0 Å². The maximum atomic E-state index is 5.07. The van der Waals surface area contributed by atoms with Crippen LogP contribution < -0.4 is 5.32 Å². The molecule has 0 amide bonds. The van der Waals surface area contributed by atoms with Crippen LogP contribution in [0.25, 0.3) is 0 Å². The van der Waals surface area contributed by atoms with Crippen molar-refractivity contribution < 1.29 is 4.74 Å². The number of thiazole rings is 1. The SMILES string of the molecule is COCc1cnc(CN(C)C2CNC2)s1.Cl. The molecule has 0 aromatic carbocycles. The number of hydrogen-bond donors (Lipinski definition) is 1. The van der Waals surface area contributed by atoms with Crippen molar-refractivity contribution in [3.05, 3.63) is 16.1 Å². The quantitative estimate of drug-likeness (QED) is 0.864. The third kappa shape index (κ3) is 3.40. The van der Waals surface area contributed by atoms with Gasteiger partial charge in [-0.25, -0.2) is 4.98 Å². The first-order chi connectivity index (χ1) is 7.29. The monoisotopic (exact) mass is 263 g/mol. The lowest BCUT2D eigenvalue weighted by atomic mass is 10.1. The summed E-state index contributed by atoms with van der Waals surface area (Å²) in [5.41, 5.74) is 0. The van der Waals surface area contributed by atoms with E-state index >= 15 is 0 Å². The standard InChI is InChI=1S/C10H17N3OS.ClH/c1-13(8-3-11-4-8)6-10-12-5-9(15-10)7-14-2;/h5,8,11H,3-4,6-7H2,1-2H3;1H. The van der Waals surface area contributed by atoms with E-state index in [1.165, 1.54) is 9.88 Å². The minimum Gasteiger partial charge on any atom is -0.379 e. The van der Waals surface area contributed by atoms with Crippen molar-refractivity contribution in [2.45, 2.75) is 19.2 Å². The average Bonchev–Trinajstić information content (AvgIpc) is 2.49. The largest absolute Gasteiger partial charge is 0.379 e. The van der Waals surface area contributed by atoms with Crippen molar-refractivity contribution in [1.29, 1.82) is 0 Å². The lowest BCUT2D eigenvalue weighted by molar-refractivity contribution is 0.173. The highest BCUT2D eigenvalue weighted by Gasteiger charge is 2.21. The molecule has 0 aliphatic carbocycles. The molecule has 6 heteroatoms. The molecule has 0 unspecified atom stereocenters. The summed E-state index contributed by atoms with van der Waals surface area (Å²) in [6.45, 7) is 3.83. The zero-order chi connectivity index (χ0) is 10.7. The minimum atomic E-state index is 0. The molecule has 1 saturated heterocycles. The molecule has 0 atom stereocenters. The molecule has 16 heavy (non-hydrogen) atoms. The third-order valence-corrected chi connectivity index (χ3v) is 3.61. The Morgan fingerprint density at radius 1 is 1.62 bits per heavy atom. The second kappa shape index (κ2) is 6.51. The minimum absolute atomic E-state index is 0. The molecule has 1 aliphatic heterocycles. The van der Waals surface area contributed by atoms with Crippen LogP contribution in [0.15, 0.2) is 6.20 Å². The number of nitrogens with zero attached hydrogens (tertiary/aromatic N) is 2. The van der Waals surface area contributed by atoms with Crippen LogP contribution >= 0.6 is 23.7 Å². The summed E-state index contributed by atoms with van der Waals surface area (Å²) in [4.78, 5) is 7.95. The van der Waals surface area contributed by atoms with Gasteiger partial charge in [-0.05, 0) is 7.05 Å². The molecule has 2 heterocycles. The molecule has 1 N–H and O–H groups in total. The van der Waals surface area contributed by atoms with E-state index in [-0.39, 0.29) is 12.4 Å². The third-order valence-electron chi connectivity index (χ3n) is 2.66. The van der Waals surface area contributed by atoms with E-state index in [0.29, 0.717) is 12.6 Å². The van der Waals surface area contributed by atoms with Gasteiger partial charge in [0, 0.05) is 32.4 Å². The predicted octanol–water partition coefficient (Wildman–Crippen LogP) is 1.11. The highest BCUT2D eigenvalue weighted by Crippen LogP contribution is 2.16. The Morgan fingerprint density at radius 3 is 2.94 bits per heavy atom. The lowest BCUT2D eigenvalue weighted by Crippen LogP contribution is -2.55. The van der Waals surface area contributed by atoms with Crippen LogP contribution in [0.5, 0.6) is 0 Å². The Bertz CT molecular complexity index is 317. The summed E-state index contributed by atoms with van der Waals surface area (Å²) in [5, 5.41) is 4.45. The van der Waals surface area contributed by atoms with Crippen LogP contribution in [0, 0.1) is 0 Å². The van der Waals surface area contributed by atoms with Gasteiger partial charge in [0.15, 0.2) is 0 Å². The van der Waals surface area contributed by atoms with Gasteiger partial charge in [0.1, 0.15) is 5.01 Å². The van der Waals surface area contributed by atoms with E-state index < -0.39 is 0 Å². The zero-order valence-electron chi connectivity index (χ0n) is 9.60. The van der Waals surface area contributed by atoms with Crippen molar-refractivity contribution >= 4 is 23.7 Å². The summed E-state index contributed by atoms with van der Waals surface area (Å²) in [5.74, 6) is 0. The number of halogens is 1. The molecule has 1 fully saturated rings. The van der Waals surface area contributed by atoms with Crippen LogP contribution in [0.1, 0.15) is 9.88 Å². The molecule has 4 nitrogen and oxygen atoms in total. The van der Waals surface area contributed by atoms with Gasteiger partial charge >= 0.3 is 0 Å². The fourth-order valence-electron chi connectivity index (χ4n) is 1.56. The summed E-state index contributed by atoms with van der Waals surface area (Å²) in [6.07, 6.45) is 1.91. The molecule has 0 saturated carbocycles. The first kappa shape index (κ1) is 13.9. The summed E-state index contributed by atoms with van der Waals surface area (Å²) in [7, 11) is 3.87. The maximum Gasteiger partial charge on any atom is 0.107 e. The highest BCUT2D eigenvalue weighted by atomic mass is 35.5. The van der Waals surface area contributed by atoms with Crippen LogP contribution in [0.2, 0.25) is 0 Å². The number of hydrogen-bond acceptors (Lipinski definition) is 5. The molecular weight excluding hydrogens is 246 g/mol. The molecular formula is C10H18ClN3OS. The second-order valence-electron chi connectivity index (χ2n) is 3.88. The number of likely N-dealkylation sites (N-methyl/N-ethyl adjacent to an activating group) is 1. The van der Waals surface area contributed by atoms with Gasteiger partial charge in [0.05, 0.1) is 18.0 Å². The second-order valence-corrected chi connectivity index (χ2v) is 5.08. The van der Waals surface area contributed by atoms with Gasteiger partial charge in [0.2, 0.25) is 0 Å². The average molecular weight is 264 g/mol. The number of rotatable bonds is 5. The van der Waals surface area contributed by atoms with Crippen LogP contribution in [0.4, 0.5) is 0 Å². The molecule has 0 bridgehead atoms.